The van der Waals surface area contributed by atoms with Gasteiger partial charge in [-0.2, -0.15) is 0 Å². The van der Waals surface area contributed by atoms with E-state index >= 15 is 0 Å². The van der Waals surface area contributed by atoms with E-state index in [4.69, 9.17) is 0 Å². The van der Waals surface area contributed by atoms with E-state index in [0.717, 1.165) is 11.4 Å². The second-order valence-electron chi connectivity index (χ2n) is 16.4. The van der Waals surface area contributed by atoms with Crippen LogP contribution in [-0.2, 0) is 10.8 Å². The van der Waals surface area contributed by atoms with Gasteiger partial charge in [-0.3, -0.25) is 0 Å². The summed E-state index contributed by atoms with van der Waals surface area (Å²) >= 11 is 0. The number of rotatable bonds is 4. The monoisotopic (exact) mass is 725 g/mol. The van der Waals surface area contributed by atoms with Crippen molar-refractivity contribution in [3.8, 4) is 44.5 Å². The Morgan fingerprint density at radius 1 is 0.368 bits per heavy atom. The van der Waals surface area contributed by atoms with Gasteiger partial charge in [0.2, 0.25) is 0 Å². The number of nitrogens with zero attached hydrogens (tertiary/aromatic N) is 1. The van der Waals surface area contributed by atoms with Gasteiger partial charge in [0.1, 0.15) is 0 Å². The fourth-order valence-electron chi connectivity index (χ4n) is 10.9. The number of hydrogen-bond acceptors (Lipinski definition) is 1. The number of anilines is 3. The van der Waals surface area contributed by atoms with Crippen molar-refractivity contribution in [2.75, 3.05) is 4.90 Å². The van der Waals surface area contributed by atoms with E-state index in [1.807, 2.05) is 0 Å². The summed E-state index contributed by atoms with van der Waals surface area (Å²) in [5, 5.41) is 2.57. The first-order valence-corrected chi connectivity index (χ1v) is 20.1. The van der Waals surface area contributed by atoms with Crippen LogP contribution in [0.2, 0.25) is 0 Å². The van der Waals surface area contributed by atoms with E-state index in [9.17, 15) is 0 Å². The van der Waals surface area contributed by atoms with E-state index in [-0.39, 0.29) is 5.41 Å². The standard InChI is InChI=1S/C56H39N/c1-55(2)46-26-12-8-22-41(46)43-33-32-38(35-50(43)55)57(51-29-15-11-20-39(51)36-17-4-3-5-18-36)52-30-16-25-44-42-23-9-13-27-47(42)56(54(44)52)48-28-14-10-24-45(48)53-40-21-7-6-19-37(40)31-34-49(53)56/h3-35H,1-2H3. The van der Waals surface area contributed by atoms with Crippen molar-refractivity contribution in [2.45, 2.75) is 24.7 Å². The minimum absolute atomic E-state index is 0.146. The van der Waals surface area contributed by atoms with Gasteiger partial charge in [-0.15, -0.1) is 0 Å². The third-order valence-corrected chi connectivity index (χ3v) is 13.3. The van der Waals surface area contributed by atoms with Crippen LogP contribution in [0.25, 0.3) is 55.3 Å². The molecule has 0 amide bonds. The number of benzene rings is 9. The van der Waals surface area contributed by atoms with Crippen molar-refractivity contribution in [3.05, 3.63) is 234 Å². The summed E-state index contributed by atoms with van der Waals surface area (Å²) in [5.74, 6) is 0. The molecule has 3 aliphatic rings. The molecule has 3 aliphatic carbocycles. The summed E-state index contributed by atoms with van der Waals surface area (Å²) < 4.78 is 0. The molecule has 0 aliphatic heterocycles. The predicted molar refractivity (Wildman–Crippen MR) is 238 cm³/mol. The van der Waals surface area contributed by atoms with Gasteiger partial charge in [0.15, 0.2) is 0 Å². The molecule has 0 aromatic heterocycles. The molecule has 0 saturated heterocycles. The van der Waals surface area contributed by atoms with Gasteiger partial charge in [-0.25, -0.2) is 0 Å². The Balaban J connectivity index is 1.21. The second-order valence-corrected chi connectivity index (χ2v) is 16.4. The van der Waals surface area contributed by atoms with E-state index in [1.54, 1.807) is 0 Å². The molecule has 9 aromatic carbocycles. The molecule has 1 spiro atoms. The Kier molecular flexibility index (Phi) is 6.67. The molecule has 268 valence electrons. The van der Waals surface area contributed by atoms with Crippen LogP contribution in [-0.4, -0.2) is 0 Å². The summed E-state index contributed by atoms with van der Waals surface area (Å²) in [6.07, 6.45) is 0. The minimum atomic E-state index is -0.537. The van der Waals surface area contributed by atoms with Gasteiger partial charge in [-0.1, -0.05) is 190 Å². The van der Waals surface area contributed by atoms with Crippen molar-refractivity contribution in [2.24, 2.45) is 0 Å². The van der Waals surface area contributed by atoms with Crippen molar-refractivity contribution in [1.29, 1.82) is 0 Å². The van der Waals surface area contributed by atoms with Gasteiger partial charge in [0, 0.05) is 22.2 Å². The van der Waals surface area contributed by atoms with E-state index in [0.29, 0.717) is 0 Å². The van der Waals surface area contributed by atoms with Crippen molar-refractivity contribution in [1.82, 2.24) is 0 Å². The molecule has 0 bridgehead atoms. The van der Waals surface area contributed by atoms with Crippen LogP contribution in [0.3, 0.4) is 0 Å². The lowest BCUT2D eigenvalue weighted by molar-refractivity contribution is 0.660. The lowest BCUT2D eigenvalue weighted by Crippen LogP contribution is -2.28. The van der Waals surface area contributed by atoms with Crippen LogP contribution in [0, 0.1) is 0 Å². The maximum absolute atomic E-state index is 2.58. The molecular formula is C56H39N. The van der Waals surface area contributed by atoms with Crippen molar-refractivity contribution >= 4 is 27.8 Å². The van der Waals surface area contributed by atoms with Crippen LogP contribution < -0.4 is 4.90 Å². The molecule has 12 rings (SSSR count). The summed E-state index contributed by atoms with van der Waals surface area (Å²) in [5.41, 5.74) is 21.2. The largest absolute Gasteiger partial charge is 0.310 e. The van der Waals surface area contributed by atoms with Crippen LogP contribution in [0.4, 0.5) is 17.1 Å². The van der Waals surface area contributed by atoms with E-state index in [2.05, 4.69) is 219 Å². The molecule has 1 unspecified atom stereocenters. The molecule has 0 heterocycles. The van der Waals surface area contributed by atoms with Crippen LogP contribution in [0.5, 0.6) is 0 Å². The van der Waals surface area contributed by atoms with Crippen molar-refractivity contribution in [3.63, 3.8) is 0 Å². The zero-order chi connectivity index (χ0) is 37.9. The molecule has 0 radical (unpaired) electrons. The number of para-hydroxylation sites is 1. The Bertz CT molecular complexity index is 3110. The molecule has 0 N–H and O–H groups in total. The quantitative estimate of drug-likeness (QED) is 0.175. The highest BCUT2D eigenvalue weighted by molar-refractivity contribution is 6.08. The molecule has 1 atom stereocenters. The highest BCUT2D eigenvalue weighted by atomic mass is 15.1. The SMILES string of the molecule is CC1(C)c2ccccc2-c2ccc(N(c3ccccc3-c3ccccc3)c3cccc4c3C3(c5ccccc5-4)c4ccccc4-c4c3ccc3ccccc43)cc21. The first kappa shape index (κ1) is 32.3. The lowest BCUT2D eigenvalue weighted by atomic mass is 9.69. The molecule has 0 fully saturated rings. The van der Waals surface area contributed by atoms with Crippen LogP contribution >= 0.6 is 0 Å². The Morgan fingerprint density at radius 2 is 0.947 bits per heavy atom. The van der Waals surface area contributed by atoms with E-state index < -0.39 is 5.41 Å². The summed E-state index contributed by atoms with van der Waals surface area (Å²) in [6.45, 7) is 4.76. The number of fused-ring (bicyclic) bond motifs is 15. The molecule has 0 saturated carbocycles. The average molecular weight is 726 g/mol. The Hall–Kier alpha value is -6.96. The van der Waals surface area contributed by atoms with Crippen LogP contribution in [0.1, 0.15) is 47.2 Å². The minimum Gasteiger partial charge on any atom is -0.310 e. The molecule has 57 heavy (non-hydrogen) atoms. The summed E-state index contributed by atoms with van der Waals surface area (Å²) in [6, 6.07) is 75.0. The Labute approximate surface area is 334 Å². The van der Waals surface area contributed by atoms with Crippen molar-refractivity contribution < 1.29 is 0 Å². The fraction of sp³-hybridized carbons (Fsp3) is 0.0714. The highest BCUT2D eigenvalue weighted by Gasteiger charge is 2.54. The molecule has 1 heteroatoms. The van der Waals surface area contributed by atoms with Gasteiger partial charge in [-0.05, 0) is 102 Å². The summed E-state index contributed by atoms with van der Waals surface area (Å²) in [4.78, 5) is 2.58. The first-order chi connectivity index (χ1) is 28.1. The lowest BCUT2D eigenvalue weighted by Gasteiger charge is -2.37. The third kappa shape index (κ3) is 4.24. The Morgan fingerprint density at radius 3 is 1.75 bits per heavy atom. The second kappa shape index (κ2) is 11.8. The topological polar surface area (TPSA) is 3.24 Å². The smallest absolute Gasteiger partial charge is 0.0746 e. The average Bonchev–Trinajstić information content (AvgIpc) is 3.83. The fourth-order valence-corrected chi connectivity index (χ4v) is 10.9. The maximum atomic E-state index is 2.58. The first-order valence-electron chi connectivity index (χ1n) is 20.1. The molecule has 9 aromatic rings. The van der Waals surface area contributed by atoms with E-state index in [1.165, 1.54) is 94.3 Å². The predicted octanol–water partition coefficient (Wildman–Crippen LogP) is 14.6. The van der Waals surface area contributed by atoms with Gasteiger partial charge in [0.05, 0.1) is 16.8 Å². The highest BCUT2D eigenvalue weighted by Crippen LogP contribution is 2.66. The van der Waals surface area contributed by atoms with Gasteiger partial charge in [0.25, 0.3) is 0 Å². The zero-order valence-corrected chi connectivity index (χ0v) is 32.0. The maximum Gasteiger partial charge on any atom is 0.0746 e. The molecule has 1 nitrogen and oxygen atoms in total. The number of hydrogen-bond donors (Lipinski definition) is 0. The normalized spacial score (nSPS) is 16.1. The zero-order valence-electron chi connectivity index (χ0n) is 32.0. The van der Waals surface area contributed by atoms with Crippen LogP contribution in [0.15, 0.2) is 200 Å². The third-order valence-electron chi connectivity index (χ3n) is 13.3. The molecular weight excluding hydrogens is 687 g/mol. The van der Waals surface area contributed by atoms with Gasteiger partial charge >= 0.3 is 0 Å². The van der Waals surface area contributed by atoms with Gasteiger partial charge < -0.3 is 4.90 Å². The summed E-state index contributed by atoms with van der Waals surface area (Å²) in [7, 11) is 0.